The molecule has 0 fully saturated rings. The molecule has 0 atom stereocenters. The molecule has 5 nitrogen and oxygen atoms in total. The lowest BCUT2D eigenvalue weighted by Crippen LogP contribution is -2.23. The molecule has 0 heterocycles. The zero-order chi connectivity index (χ0) is 20.0. The fourth-order valence-electron chi connectivity index (χ4n) is 2.62. The zero-order valence-electron chi connectivity index (χ0n) is 16.7. The second kappa shape index (κ2) is 9.21. The Bertz CT molecular complexity index is 796. The van der Waals surface area contributed by atoms with Crippen molar-refractivity contribution in [3.05, 3.63) is 59.2 Å². The molecule has 0 spiro atoms. The van der Waals surface area contributed by atoms with Gasteiger partial charge in [-0.25, -0.2) is 0 Å². The van der Waals surface area contributed by atoms with E-state index in [1.165, 1.54) is 0 Å². The summed E-state index contributed by atoms with van der Waals surface area (Å²) in [5.74, 6) is 0.890. The second-order valence-electron chi connectivity index (χ2n) is 7.19. The van der Waals surface area contributed by atoms with Crippen molar-refractivity contribution < 1.29 is 14.3 Å². The van der Waals surface area contributed by atoms with Crippen molar-refractivity contribution in [3.63, 3.8) is 0 Å². The monoisotopic (exact) mass is 368 g/mol. The van der Waals surface area contributed by atoms with Crippen molar-refractivity contribution in [2.45, 2.75) is 33.1 Å². The van der Waals surface area contributed by atoms with Crippen molar-refractivity contribution in [1.82, 2.24) is 4.90 Å². The molecular formula is C22H28N2O3. The van der Waals surface area contributed by atoms with E-state index in [9.17, 15) is 9.59 Å². The average Bonchev–Trinajstić information content (AvgIpc) is 2.61. The highest BCUT2D eigenvalue weighted by Crippen LogP contribution is 2.27. The number of likely N-dealkylation sites (N-methyl/N-ethyl adjacent to an activating group) is 1. The Balaban J connectivity index is 1.93. The molecule has 144 valence electrons. The first-order valence-electron chi connectivity index (χ1n) is 9.08. The predicted octanol–water partition coefficient (Wildman–Crippen LogP) is 3.77. The first kappa shape index (κ1) is 20.5. The van der Waals surface area contributed by atoms with Crippen LogP contribution in [0.4, 0.5) is 5.69 Å². The van der Waals surface area contributed by atoms with Gasteiger partial charge in [0.15, 0.2) is 6.61 Å². The highest BCUT2D eigenvalue weighted by molar-refractivity contribution is 5.92. The summed E-state index contributed by atoms with van der Waals surface area (Å²) in [6, 6.07) is 13.3. The molecule has 0 saturated heterocycles. The quantitative estimate of drug-likeness (QED) is 0.809. The molecule has 0 unspecified atom stereocenters. The lowest BCUT2D eigenvalue weighted by molar-refractivity contribution is -0.128. The van der Waals surface area contributed by atoms with Crippen LogP contribution in [0.3, 0.4) is 0 Å². The van der Waals surface area contributed by atoms with Crippen LogP contribution >= 0.6 is 0 Å². The van der Waals surface area contributed by atoms with Gasteiger partial charge in [-0.2, -0.15) is 0 Å². The molecule has 2 aromatic carbocycles. The van der Waals surface area contributed by atoms with E-state index in [4.69, 9.17) is 4.74 Å². The van der Waals surface area contributed by atoms with E-state index in [0.717, 1.165) is 22.4 Å². The Morgan fingerprint density at radius 1 is 1.07 bits per heavy atom. The van der Waals surface area contributed by atoms with Gasteiger partial charge in [-0.15, -0.1) is 0 Å². The van der Waals surface area contributed by atoms with Crippen molar-refractivity contribution in [2.75, 3.05) is 26.0 Å². The molecule has 0 bridgehead atoms. The average molecular weight is 368 g/mol. The van der Waals surface area contributed by atoms with Crippen LogP contribution in [0.15, 0.2) is 42.5 Å². The SMILES string of the molecule is Cc1ccc(C(C)C)c(OCC(=O)Nc2ccc(CC(=O)N(C)C)cc2)c1. The number of carbonyl (C=O) groups is 2. The Labute approximate surface area is 161 Å². The summed E-state index contributed by atoms with van der Waals surface area (Å²) in [7, 11) is 3.46. The fraction of sp³-hybridized carbons (Fsp3) is 0.364. The van der Waals surface area contributed by atoms with Crippen LogP contribution in [-0.2, 0) is 16.0 Å². The van der Waals surface area contributed by atoms with Gasteiger partial charge in [0, 0.05) is 19.8 Å². The molecule has 2 amide bonds. The minimum atomic E-state index is -0.219. The van der Waals surface area contributed by atoms with Gasteiger partial charge in [0.05, 0.1) is 6.42 Å². The summed E-state index contributed by atoms with van der Waals surface area (Å²) in [6.07, 6.45) is 0.343. The molecule has 0 saturated carbocycles. The van der Waals surface area contributed by atoms with Crippen molar-refractivity contribution in [2.24, 2.45) is 0 Å². The number of nitrogens with one attached hydrogen (secondary N) is 1. The van der Waals surface area contributed by atoms with Crippen molar-refractivity contribution in [3.8, 4) is 5.75 Å². The van der Waals surface area contributed by atoms with Crippen molar-refractivity contribution >= 4 is 17.5 Å². The van der Waals surface area contributed by atoms with E-state index in [0.29, 0.717) is 18.0 Å². The lowest BCUT2D eigenvalue weighted by Gasteiger charge is -2.15. The summed E-state index contributed by atoms with van der Waals surface area (Å²) < 4.78 is 5.75. The smallest absolute Gasteiger partial charge is 0.262 e. The summed E-state index contributed by atoms with van der Waals surface area (Å²) in [4.78, 5) is 25.5. The number of anilines is 1. The van der Waals surface area contributed by atoms with Crippen molar-refractivity contribution in [1.29, 1.82) is 0 Å². The van der Waals surface area contributed by atoms with E-state index in [1.54, 1.807) is 31.1 Å². The molecule has 27 heavy (non-hydrogen) atoms. The summed E-state index contributed by atoms with van der Waals surface area (Å²) in [5.41, 5.74) is 3.77. The van der Waals surface area contributed by atoms with Gasteiger partial charge < -0.3 is 15.0 Å². The summed E-state index contributed by atoms with van der Waals surface area (Å²) in [6.45, 7) is 6.14. The maximum Gasteiger partial charge on any atom is 0.262 e. The zero-order valence-corrected chi connectivity index (χ0v) is 16.7. The first-order valence-corrected chi connectivity index (χ1v) is 9.08. The van der Waals surface area contributed by atoms with Gasteiger partial charge in [-0.05, 0) is 47.7 Å². The molecule has 0 aliphatic carbocycles. The largest absolute Gasteiger partial charge is 0.483 e. The number of aryl methyl sites for hydroxylation is 1. The van der Waals surface area contributed by atoms with E-state index in [-0.39, 0.29) is 18.4 Å². The molecule has 0 aliphatic rings. The second-order valence-corrected chi connectivity index (χ2v) is 7.19. The normalized spacial score (nSPS) is 10.6. The number of ether oxygens (including phenoxy) is 1. The molecule has 0 aromatic heterocycles. The van der Waals surface area contributed by atoms with Gasteiger partial charge in [-0.1, -0.05) is 38.1 Å². The highest BCUT2D eigenvalue weighted by atomic mass is 16.5. The topological polar surface area (TPSA) is 58.6 Å². The number of benzene rings is 2. The molecule has 5 heteroatoms. The number of rotatable bonds is 7. The Kier molecular flexibility index (Phi) is 6.99. The molecule has 1 N–H and O–H groups in total. The Hall–Kier alpha value is -2.82. The number of amides is 2. The third-order valence-electron chi connectivity index (χ3n) is 4.24. The molecular weight excluding hydrogens is 340 g/mol. The van der Waals surface area contributed by atoms with Crippen LogP contribution < -0.4 is 10.1 Å². The Morgan fingerprint density at radius 3 is 2.33 bits per heavy atom. The van der Waals surface area contributed by atoms with Crippen LogP contribution in [-0.4, -0.2) is 37.4 Å². The third-order valence-corrected chi connectivity index (χ3v) is 4.24. The standard InChI is InChI=1S/C22H28N2O3/c1-15(2)19-11-6-16(3)12-20(19)27-14-21(25)23-18-9-7-17(8-10-18)13-22(26)24(4)5/h6-12,15H,13-14H2,1-5H3,(H,23,25). The van der Waals surface area contributed by atoms with E-state index in [2.05, 4.69) is 19.2 Å². The summed E-state index contributed by atoms with van der Waals surface area (Å²) in [5, 5.41) is 2.82. The third kappa shape index (κ3) is 6.13. The Morgan fingerprint density at radius 2 is 1.74 bits per heavy atom. The van der Waals surface area contributed by atoms with Crippen LogP contribution in [0.25, 0.3) is 0 Å². The van der Waals surface area contributed by atoms with Gasteiger partial charge in [0.25, 0.3) is 5.91 Å². The highest BCUT2D eigenvalue weighted by Gasteiger charge is 2.11. The van der Waals surface area contributed by atoms with Gasteiger partial charge in [0.2, 0.25) is 5.91 Å². The van der Waals surface area contributed by atoms with Gasteiger partial charge >= 0.3 is 0 Å². The lowest BCUT2D eigenvalue weighted by atomic mass is 10.0. The number of hydrogen-bond donors (Lipinski definition) is 1. The van der Waals surface area contributed by atoms with Crippen LogP contribution in [0.2, 0.25) is 0 Å². The van der Waals surface area contributed by atoms with Crippen LogP contribution in [0.5, 0.6) is 5.75 Å². The predicted molar refractivity (Wildman–Crippen MR) is 108 cm³/mol. The minimum absolute atomic E-state index is 0.0410. The van der Waals surface area contributed by atoms with E-state index < -0.39 is 0 Å². The molecule has 0 radical (unpaired) electrons. The van der Waals surface area contributed by atoms with Crippen LogP contribution in [0.1, 0.15) is 36.5 Å². The number of nitrogens with zero attached hydrogens (tertiary/aromatic N) is 1. The number of carbonyl (C=O) groups excluding carboxylic acids is 2. The first-order chi connectivity index (χ1) is 12.8. The molecule has 2 aromatic rings. The maximum atomic E-state index is 12.2. The molecule has 0 aliphatic heterocycles. The van der Waals surface area contributed by atoms with Gasteiger partial charge in [-0.3, -0.25) is 9.59 Å². The summed E-state index contributed by atoms with van der Waals surface area (Å²) >= 11 is 0. The van der Waals surface area contributed by atoms with Crippen LogP contribution in [0, 0.1) is 6.92 Å². The van der Waals surface area contributed by atoms with E-state index >= 15 is 0 Å². The maximum absolute atomic E-state index is 12.2. The fourth-order valence-corrected chi connectivity index (χ4v) is 2.62. The minimum Gasteiger partial charge on any atom is -0.483 e. The van der Waals surface area contributed by atoms with E-state index in [1.807, 2.05) is 37.3 Å². The molecule has 2 rings (SSSR count). The number of hydrogen-bond acceptors (Lipinski definition) is 3. The van der Waals surface area contributed by atoms with Gasteiger partial charge in [0.1, 0.15) is 5.75 Å².